The molecule has 0 aliphatic carbocycles. The maximum absolute atomic E-state index is 13.4. The Bertz CT molecular complexity index is 1400. The lowest BCUT2D eigenvalue weighted by atomic mass is 10.2. The molecule has 0 saturated heterocycles. The Morgan fingerprint density at radius 2 is 1.88 bits per heavy atom. The second-order valence-electron chi connectivity index (χ2n) is 9.11. The van der Waals surface area contributed by atoms with Gasteiger partial charge in [-0.3, -0.25) is 23.3 Å². The summed E-state index contributed by atoms with van der Waals surface area (Å²) in [6.45, 7) is 5.44. The number of imidazole rings is 2. The molecule has 0 N–H and O–H groups in total. The number of carbonyl (C=O) groups is 1. The lowest BCUT2D eigenvalue weighted by Crippen LogP contribution is -2.31. The average molecular weight is 488 g/mol. The second-order valence-corrected chi connectivity index (χ2v) is 9.55. The van der Waals surface area contributed by atoms with Crippen LogP contribution in [0, 0.1) is 0 Å². The van der Waals surface area contributed by atoms with Crippen molar-refractivity contribution in [2.45, 2.75) is 58.8 Å². The molecule has 10 heteroatoms. The van der Waals surface area contributed by atoms with Crippen molar-refractivity contribution < 1.29 is 13.9 Å². The highest BCUT2D eigenvalue weighted by Gasteiger charge is 2.22. The number of esters is 1. The minimum absolute atomic E-state index is 0.157. The summed E-state index contributed by atoms with van der Waals surface area (Å²) in [5.41, 5.74) is 1.69. The molecule has 4 aromatic rings. The van der Waals surface area contributed by atoms with E-state index in [2.05, 4.69) is 4.98 Å². The molecule has 0 bridgehead atoms. The highest BCUT2D eigenvalue weighted by molar-refractivity contribution is 6.31. The Kier molecular flexibility index (Phi) is 6.74. The predicted molar refractivity (Wildman–Crippen MR) is 129 cm³/mol. The van der Waals surface area contributed by atoms with Crippen LogP contribution in [0.2, 0.25) is 5.02 Å². The van der Waals surface area contributed by atoms with Crippen LogP contribution in [0.25, 0.3) is 22.1 Å². The normalized spacial score (nSPS) is 12.0. The van der Waals surface area contributed by atoms with Crippen molar-refractivity contribution in [3.05, 3.63) is 58.0 Å². The lowest BCUT2D eigenvalue weighted by molar-refractivity contribution is -0.155. The van der Waals surface area contributed by atoms with Crippen LogP contribution in [0.3, 0.4) is 0 Å². The van der Waals surface area contributed by atoms with Gasteiger partial charge >= 0.3 is 11.7 Å². The summed E-state index contributed by atoms with van der Waals surface area (Å²) >= 11 is 6.16. The van der Waals surface area contributed by atoms with Gasteiger partial charge in [-0.1, -0.05) is 11.6 Å². The van der Waals surface area contributed by atoms with Gasteiger partial charge in [0.2, 0.25) is 0 Å². The number of aryl methyl sites for hydroxylation is 1. The topological polar surface area (TPSA) is 83.9 Å². The van der Waals surface area contributed by atoms with Gasteiger partial charge in [0.15, 0.2) is 0 Å². The first-order valence-corrected chi connectivity index (χ1v) is 11.5. The number of benzene rings is 1. The number of hydrogen-bond donors (Lipinski definition) is 0. The maximum Gasteiger partial charge on any atom is 0.330 e. The Hall–Kier alpha value is -3.20. The minimum Gasteiger partial charge on any atom is -0.459 e. The van der Waals surface area contributed by atoms with Crippen molar-refractivity contribution in [3.63, 3.8) is 0 Å². The summed E-state index contributed by atoms with van der Waals surface area (Å²) in [5.74, 6) is 0.136. The number of halogens is 2. The molecule has 180 valence electrons. The number of alkyl halides is 1. The quantitative estimate of drug-likeness (QED) is 0.272. The third-order valence-corrected chi connectivity index (χ3v) is 5.62. The van der Waals surface area contributed by atoms with Gasteiger partial charge in [-0.25, -0.2) is 9.78 Å². The van der Waals surface area contributed by atoms with E-state index in [-0.39, 0.29) is 18.8 Å². The zero-order chi connectivity index (χ0) is 24.5. The van der Waals surface area contributed by atoms with Crippen LogP contribution in [-0.4, -0.2) is 41.9 Å². The molecule has 0 amide bonds. The molecular weight excluding hydrogens is 461 g/mol. The summed E-state index contributed by atoms with van der Waals surface area (Å²) < 4.78 is 23.1. The number of ether oxygens (including phenoxy) is 1. The van der Waals surface area contributed by atoms with E-state index < -0.39 is 18.2 Å². The molecule has 0 spiro atoms. The Morgan fingerprint density at radius 3 is 2.62 bits per heavy atom. The molecule has 0 saturated carbocycles. The van der Waals surface area contributed by atoms with Crippen LogP contribution < -0.4 is 5.69 Å². The van der Waals surface area contributed by atoms with Gasteiger partial charge in [0.1, 0.15) is 18.0 Å². The zero-order valence-corrected chi connectivity index (χ0v) is 20.2. The predicted octanol–water partition coefficient (Wildman–Crippen LogP) is 4.34. The van der Waals surface area contributed by atoms with E-state index in [0.717, 1.165) is 5.52 Å². The van der Waals surface area contributed by atoms with Crippen molar-refractivity contribution >= 4 is 39.6 Å². The average Bonchev–Trinajstić information content (AvgIpc) is 3.22. The van der Waals surface area contributed by atoms with Crippen LogP contribution in [0.15, 0.2) is 41.5 Å². The first kappa shape index (κ1) is 23.9. The molecule has 0 radical (unpaired) electrons. The van der Waals surface area contributed by atoms with Crippen LogP contribution in [0.5, 0.6) is 0 Å². The SMILES string of the molecule is CC(C)(C)OC(=O)Cn1c(=O)n(Cc2nc3cc(Cl)ccc3n2CCCCF)c2cnccc21. The van der Waals surface area contributed by atoms with E-state index in [0.29, 0.717) is 46.8 Å². The highest BCUT2D eigenvalue weighted by Crippen LogP contribution is 2.23. The molecule has 3 aromatic heterocycles. The molecule has 3 heterocycles. The fourth-order valence-electron chi connectivity index (χ4n) is 4.00. The minimum atomic E-state index is -0.660. The number of unbranched alkanes of at least 4 members (excludes halogenated alkanes) is 1. The number of hydrogen-bond acceptors (Lipinski definition) is 5. The number of nitrogens with zero attached hydrogens (tertiary/aromatic N) is 5. The van der Waals surface area contributed by atoms with E-state index in [1.54, 1.807) is 55.9 Å². The summed E-state index contributed by atoms with van der Waals surface area (Å²) in [7, 11) is 0. The van der Waals surface area contributed by atoms with Gasteiger partial charge in [-0.05, 0) is 57.9 Å². The summed E-state index contributed by atoms with van der Waals surface area (Å²) in [6.07, 6.45) is 4.24. The van der Waals surface area contributed by atoms with Crippen LogP contribution >= 0.6 is 11.6 Å². The van der Waals surface area contributed by atoms with Crippen LogP contribution in [0.1, 0.15) is 39.4 Å². The molecule has 0 aliphatic rings. The molecule has 1 aromatic carbocycles. The number of fused-ring (bicyclic) bond motifs is 2. The van der Waals surface area contributed by atoms with Gasteiger partial charge in [0.25, 0.3) is 0 Å². The number of carbonyl (C=O) groups excluding carboxylic acids is 1. The third-order valence-electron chi connectivity index (χ3n) is 5.38. The monoisotopic (exact) mass is 487 g/mol. The number of pyridine rings is 1. The van der Waals surface area contributed by atoms with Crippen molar-refractivity contribution in [2.24, 2.45) is 0 Å². The Balaban J connectivity index is 1.77. The molecule has 4 rings (SSSR count). The van der Waals surface area contributed by atoms with Gasteiger partial charge in [-0.2, -0.15) is 0 Å². The second kappa shape index (κ2) is 9.58. The lowest BCUT2D eigenvalue weighted by Gasteiger charge is -2.19. The molecule has 8 nitrogen and oxygen atoms in total. The highest BCUT2D eigenvalue weighted by atomic mass is 35.5. The van der Waals surface area contributed by atoms with Crippen molar-refractivity contribution in [1.29, 1.82) is 0 Å². The summed E-state index contributed by atoms with van der Waals surface area (Å²) in [5, 5.41) is 0.558. The Morgan fingerprint density at radius 1 is 1.09 bits per heavy atom. The van der Waals surface area contributed by atoms with E-state index in [9.17, 15) is 14.0 Å². The zero-order valence-electron chi connectivity index (χ0n) is 19.4. The van der Waals surface area contributed by atoms with E-state index >= 15 is 0 Å². The van der Waals surface area contributed by atoms with E-state index in [4.69, 9.17) is 21.3 Å². The van der Waals surface area contributed by atoms with E-state index in [1.807, 2.05) is 10.6 Å². The molecule has 0 unspecified atom stereocenters. The number of rotatable bonds is 8. The Labute approximate surface area is 200 Å². The van der Waals surface area contributed by atoms with Gasteiger partial charge in [0, 0.05) is 17.8 Å². The van der Waals surface area contributed by atoms with Crippen molar-refractivity contribution in [1.82, 2.24) is 23.7 Å². The van der Waals surface area contributed by atoms with E-state index in [1.165, 1.54) is 4.57 Å². The van der Waals surface area contributed by atoms with Crippen molar-refractivity contribution in [2.75, 3.05) is 6.67 Å². The molecule has 0 atom stereocenters. The molecular formula is C24H27ClFN5O3. The smallest absolute Gasteiger partial charge is 0.330 e. The summed E-state index contributed by atoms with van der Waals surface area (Å²) in [6, 6.07) is 7.12. The maximum atomic E-state index is 13.4. The van der Waals surface area contributed by atoms with Gasteiger partial charge in [0.05, 0.1) is 41.5 Å². The largest absolute Gasteiger partial charge is 0.459 e. The van der Waals surface area contributed by atoms with Gasteiger partial charge in [-0.15, -0.1) is 0 Å². The van der Waals surface area contributed by atoms with Crippen molar-refractivity contribution in [3.8, 4) is 0 Å². The molecule has 0 fully saturated rings. The summed E-state index contributed by atoms with van der Waals surface area (Å²) in [4.78, 5) is 34.8. The molecule has 0 aliphatic heterocycles. The molecule has 34 heavy (non-hydrogen) atoms. The standard InChI is InChI=1S/C24H27ClFN5O3/c1-24(2,3)34-22(32)15-31-19-8-10-27-13-20(19)30(23(31)33)14-21-28-17-12-16(25)6-7-18(17)29(21)11-5-4-9-26/h6-8,10,12-13H,4-5,9,11,14-15H2,1-3H3. The first-order valence-electron chi connectivity index (χ1n) is 11.1. The fraction of sp³-hybridized carbons (Fsp3) is 0.417. The third kappa shape index (κ3) is 4.99. The van der Waals surface area contributed by atoms with Crippen LogP contribution in [0.4, 0.5) is 4.39 Å². The fourth-order valence-corrected chi connectivity index (χ4v) is 4.17. The number of aromatic nitrogens is 5. The first-order chi connectivity index (χ1) is 16.2. The van der Waals surface area contributed by atoms with Gasteiger partial charge < -0.3 is 9.30 Å². The van der Waals surface area contributed by atoms with Crippen LogP contribution in [-0.2, 0) is 29.2 Å².